The number of fused-ring (bicyclic) bond motifs is 1. The maximum absolute atomic E-state index is 11.0. The highest BCUT2D eigenvalue weighted by Crippen LogP contribution is 2.38. The summed E-state index contributed by atoms with van der Waals surface area (Å²) in [4.78, 5) is 2.48. The van der Waals surface area contributed by atoms with Gasteiger partial charge >= 0.3 is 0 Å². The molecule has 0 bridgehead atoms. The third kappa shape index (κ3) is 2.49. The van der Waals surface area contributed by atoms with Crippen molar-refractivity contribution in [3.63, 3.8) is 0 Å². The Balaban J connectivity index is 1.82. The Kier molecular flexibility index (Phi) is 3.50. The van der Waals surface area contributed by atoms with Crippen LogP contribution in [-0.2, 0) is 5.60 Å². The molecule has 0 saturated carbocycles. The Labute approximate surface area is 115 Å². The van der Waals surface area contributed by atoms with Gasteiger partial charge in [0.25, 0.3) is 0 Å². The van der Waals surface area contributed by atoms with Gasteiger partial charge < -0.3 is 9.84 Å². The molecule has 1 N–H and O–H groups in total. The van der Waals surface area contributed by atoms with Crippen LogP contribution in [0.15, 0.2) is 24.3 Å². The van der Waals surface area contributed by atoms with Crippen LogP contribution in [0, 0.1) is 0 Å². The molecule has 1 aromatic rings. The Hall–Kier alpha value is -1.06. The van der Waals surface area contributed by atoms with Gasteiger partial charge in [-0.3, -0.25) is 4.90 Å². The molecular formula is C16H23NO2. The Morgan fingerprint density at radius 1 is 1.32 bits per heavy atom. The minimum Gasteiger partial charge on any atom is -0.497 e. The normalized spacial score (nSPS) is 31.8. The topological polar surface area (TPSA) is 32.7 Å². The maximum atomic E-state index is 11.0. The van der Waals surface area contributed by atoms with E-state index < -0.39 is 5.60 Å². The smallest absolute Gasteiger partial charge is 0.119 e. The zero-order valence-corrected chi connectivity index (χ0v) is 11.6. The molecule has 0 unspecified atom stereocenters. The molecule has 0 aromatic heterocycles. The van der Waals surface area contributed by atoms with Crippen LogP contribution in [0.4, 0.5) is 0 Å². The summed E-state index contributed by atoms with van der Waals surface area (Å²) in [6.45, 7) is 1.90. The average Bonchev–Trinajstić information content (AvgIpc) is 2.47. The second-order valence-electron chi connectivity index (χ2n) is 5.92. The summed E-state index contributed by atoms with van der Waals surface area (Å²) in [5, 5.41) is 11.0. The van der Waals surface area contributed by atoms with Gasteiger partial charge in [-0.05, 0) is 49.9 Å². The van der Waals surface area contributed by atoms with Crippen molar-refractivity contribution >= 4 is 0 Å². The van der Waals surface area contributed by atoms with Gasteiger partial charge in [0.1, 0.15) is 11.4 Å². The molecule has 2 fully saturated rings. The first-order valence-electron chi connectivity index (χ1n) is 7.32. The van der Waals surface area contributed by atoms with E-state index in [0.717, 1.165) is 37.2 Å². The quantitative estimate of drug-likeness (QED) is 0.888. The fourth-order valence-corrected chi connectivity index (χ4v) is 3.56. The van der Waals surface area contributed by atoms with Gasteiger partial charge in [-0.15, -0.1) is 0 Å². The van der Waals surface area contributed by atoms with Crippen LogP contribution < -0.4 is 4.74 Å². The number of benzene rings is 1. The summed E-state index contributed by atoms with van der Waals surface area (Å²) >= 11 is 0. The third-order valence-electron chi connectivity index (χ3n) is 4.71. The molecule has 3 heteroatoms. The second kappa shape index (κ2) is 5.14. The number of aliphatic hydroxyl groups is 1. The van der Waals surface area contributed by atoms with Gasteiger partial charge in [0.2, 0.25) is 0 Å². The van der Waals surface area contributed by atoms with E-state index in [2.05, 4.69) is 4.90 Å². The van der Waals surface area contributed by atoms with Crippen molar-refractivity contribution in [1.82, 2.24) is 4.90 Å². The predicted octanol–water partition coefficient (Wildman–Crippen LogP) is 2.53. The summed E-state index contributed by atoms with van der Waals surface area (Å²) < 4.78 is 5.27. The summed E-state index contributed by atoms with van der Waals surface area (Å²) in [6.07, 6.45) is 5.88. The van der Waals surface area contributed by atoms with Gasteiger partial charge in [-0.1, -0.05) is 18.6 Å². The Bertz CT molecular complexity index is 448. The zero-order valence-electron chi connectivity index (χ0n) is 11.6. The lowest BCUT2D eigenvalue weighted by atomic mass is 9.80. The number of rotatable bonds is 2. The van der Waals surface area contributed by atoms with Crippen LogP contribution in [0.25, 0.3) is 0 Å². The third-order valence-corrected chi connectivity index (χ3v) is 4.71. The predicted molar refractivity (Wildman–Crippen MR) is 75.3 cm³/mol. The van der Waals surface area contributed by atoms with Gasteiger partial charge in [0.05, 0.1) is 7.11 Å². The number of hydrogen-bond acceptors (Lipinski definition) is 3. The number of ether oxygens (including phenoxy) is 1. The molecule has 1 aromatic carbocycles. The lowest BCUT2D eigenvalue weighted by Crippen LogP contribution is -2.52. The fourth-order valence-electron chi connectivity index (χ4n) is 3.56. The fraction of sp³-hybridized carbons (Fsp3) is 0.625. The zero-order chi connectivity index (χ0) is 13.3. The minimum absolute atomic E-state index is 0.694. The summed E-state index contributed by atoms with van der Waals surface area (Å²) in [6, 6.07) is 8.59. The van der Waals surface area contributed by atoms with Crippen LogP contribution in [0.1, 0.15) is 37.7 Å². The molecule has 0 spiro atoms. The molecular weight excluding hydrogens is 238 g/mol. The Morgan fingerprint density at radius 3 is 3.05 bits per heavy atom. The standard InChI is InChI=1S/C16H23NO2/c1-19-15-7-4-5-13(11-15)16(18)9-8-14-6-2-3-10-17(14)12-16/h4-5,7,11,14,18H,2-3,6,8-10,12H2,1H3/t14-,16-/m0/s1. The van der Waals surface area contributed by atoms with E-state index in [9.17, 15) is 5.11 Å². The molecule has 0 radical (unpaired) electrons. The first kappa shape index (κ1) is 12.9. The maximum Gasteiger partial charge on any atom is 0.119 e. The van der Waals surface area contributed by atoms with E-state index in [-0.39, 0.29) is 0 Å². The molecule has 2 heterocycles. The molecule has 3 rings (SSSR count). The van der Waals surface area contributed by atoms with Crippen molar-refractivity contribution in [3.05, 3.63) is 29.8 Å². The van der Waals surface area contributed by atoms with Gasteiger partial charge in [-0.25, -0.2) is 0 Å². The lowest BCUT2D eigenvalue weighted by Gasteiger charge is -2.46. The van der Waals surface area contributed by atoms with E-state index >= 15 is 0 Å². The molecule has 2 saturated heterocycles. The SMILES string of the molecule is COc1cccc([C@]2(O)CC[C@@H]3CCCCN3C2)c1. The summed E-state index contributed by atoms with van der Waals surface area (Å²) in [5.41, 5.74) is 0.290. The molecule has 0 aliphatic carbocycles. The average molecular weight is 261 g/mol. The van der Waals surface area contributed by atoms with Crippen LogP contribution >= 0.6 is 0 Å². The minimum atomic E-state index is -0.706. The van der Waals surface area contributed by atoms with Crippen LogP contribution in [0.2, 0.25) is 0 Å². The second-order valence-corrected chi connectivity index (χ2v) is 5.92. The highest BCUT2D eigenvalue weighted by molar-refractivity contribution is 5.33. The van der Waals surface area contributed by atoms with Crippen LogP contribution in [0.3, 0.4) is 0 Å². The van der Waals surface area contributed by atoms with Gasteiger partial charge in [0, 0.05) is 12.6 Å². The number of hydrogen-bond donors (Lipinski definition) is 1. The van der Waals surface area contributed by atoms with Crippen molar-refractivity contribution in [3.8, 4) is 5.75 Å². The molecule has 3 nitrogen and oxygen atoms in total. The van der Waals surface area contributed by atoms with Crippen molar-refractivity contribution in [1.29, 1.82) is 0 Å². The highest BCUT2D eigenvalue weighted by Gasteiger charge is 2.40. The molecule has 2 atom stereocenters. The molecule has 19 heavy (non-hydrogen) atoms. The summed E-state index contributed by atoms with van der Waals surface area (Å²) in [7, 11) is 1.67. The number of methoxy groups -OCH3 is 1. The van der Waals surface area contributed by atoms with Crippen LogP contribution in [0.5, 0.6) is 5.75 Å². The lowest BCUT2D eigenvalue weighted by molar-refractivity contribution is -0.0662. The van der Waals surface area contributed by atoms with E-state index in [1.54, 1.807) is 7.11 Å². The van der Waals surface area contributed by atoms with Crippen molar-refractivity contribution in [2.75, 3.05) is 20.2 Å². The number of piperidine rings is 2. The van der Waals surface area contributed by atoms with Crippen molar-refractivity contribution in [2.45, 2.75) is 43.7 Å². The van der Waals surface area contributed by atoms with E-state index in [0.29, 0.717) is 6.04 Å². The van der Waals surface area contributed by atoms with Gasteiger partial charge in [0.15, 0.2) is 0 Å². The molecule has 2 aliphatic heterocycles. The van der Waals surface area contributed by atoms with Crippen LogP contribution in [-0.4, -0.2) is 36.2 Å². The monoisotopic (exact) mass is 261 g/mol. The first-order chi connectivity index (χ1) is 9.21. The molecule has 0 amide bonds. The van der Waals surface area contributed by atoms with E-state index in [4.69, 9.17) is 4.74 Å². The summed E-state index contributed by atoms with van der Waals surface area (Å²) in [5.74, 6) is 0.826. The first-order valence-corrected chi connectivity index (χ1v) is 7.32. The largest absolute Gasteiger partial charge is 0.497 e. The van der Waals surface area contributed by atoms with E-state index in [1.165, 1.54) is 19.3 Å². The molecule has 2 aliphatic rings. The Morgan fingerprint density at radius 2 is 2.21 bits per heavy atom. The number of nitrogens with zero attached hydrogens (tertiary/aromatic N) is 1. The van der Waals surface area contributed by atoms with E-state index in [1.807, 2.05) is 24.3 Å². The van der Waals surface area contributed by atoms with Gasteiger partial charge in [-0.2, -0.15) is 0 Å². The van der Waals surface area contributed by atoms with Crippen molar-refractivity contribution in [2.24, 2.45) is 0 Å². The highest BCUT2D eigenvalue weighted by atomic mass is 16.5. The molecule has 104 valence electrons. The van der Waals surface area contributed by atoms with Crippen molar-refractivity contribution < 1.29 is 9.84 Å².